The van der Waals surface area contributed by atoms with Gasteiger partial charge in [0, 0.05) is 29.1 Å². The van der Waals surface area contributed by atoms with Gasteiger partial charge in [-0.3, -0.25) is 13.9 Å². The van der Waals surface area contributed by atoms with E-state index in [1.54, 1.807) is 54.6 Å². The highest BCUT2D eigenvalue weighted by atomic mass is 35.5. The number of halogens is 2. The summed E-state index contributed by atoms with van der Waals surface area (Å²) in [5, 5.41) is 3.76. The Hall–Kier alpha value is -3.85. The lowest BCUT2D eigenvalue weighted by Crippen LogP contribution is -2.54. The van der Waals surface area contributed by atoms with Gasteiger partial charge in [0.2, 0.25) is 11.8 Å². The molecule has 0 aliphatic heterocycles. The number of carbonyl (C=O) groups excluding carboxylic acids is 2. The number of nitrogens with one attached hydrogen (secondary N) is 1. The van der Waals surface area contributed by atoms with Gasteiger partial charge >= 0.3 is 0 Å². The van der Waals surface area contributed by atoms with Crippen molar-refractivity contribution in [1.29, 1.82) is 0 Å². The quantitative estimate of drug-likeness (QED) is 0.166. The van der Waals surface area contributed by atoms with Crippen molar-refractivity contribution >= 4 is 50.7 Å². The molecule has 7 nitrogen and oxygen atoms in total. The second-order valence-electron chi connectivity index (χ2n) is 10.9. The van der Waals surface area contributed by atoms with Crippen molar-refractivity contribution in [1.82, 2.24) is 10.2 Å². The van der Waals surface area contributed by atoms with E-state index in [4.69, 9.17) is 23.2 Å². The number of carbonyl (C=O) groups is 2. The van der Waals surface area contributed by atoms with Gasteiger partial charge in [0.15, 0.2) is 0 Å². The molecule has 0 fully saturated rings. The summed E-state index contributed by atoms with van der Waals surface area (Å²) >= 11 is 12.8. The minimum Gasteiger partial charge on any atom is -0.352 e. The Morgan fingerprint density at radius 1 is 0.867 bits per heavy atom. The van der Waals surface area contributed by atoms with Crippen LogP contribution in [-0.2, 0) is 32.6 Å². The number of hydrogen-bond acceptors (Lipinski definition) is 4. The molecule has 0 saturated heterocycles. The molecule has 1 N–H and O–H groups in total. The molecule has 4 aromatic carbocycles. The number of nitrogens with zero attached hydrogens (tertiary/aromatic N) is 2. The van der Waals surface area contributed by atoms with E-state index in [2.05, 4.69) is 5.32 Å². The van der Waals surface area contributed by atoms with E-state index >= 15 is 0 Å². The topological polar surface area (TPSA) is 86.8 Å². The molecule has 0 radical (unpaired) electrons. The summed E-state index contributed by atoms with van der Waals surface area (Å²) in [6, 6.07) is 28.1. The fourth-order valence-electron chi connectivity index (χ4n) is 4.80. The van der Waals surface area contributed by atoms with E-state index in [-0.39, 0.29) is 35.5 Å². The Balaban J connectivity index is 1.82. The third-order valence-corrected chi connectivity index (χ3v) is 9.95. The Morgan fingerprint density at radius 3 is 2.18 bits per heavy atom. The standard InChI is InChI=1S/C35H37Cl2N3O4S/c1-4-26(3)38-35(42)33(21-27-11-6-5-7-12-27)39(23-28-13-8-9-16-32(28)37)34(41)24-40(30-15-10-14-29(36)22-30)45(43,44)31-19-17-25(2)18-20-31/h5-20,22,26,33H,4,21,23-24H2,1-3H3,(H,38,42)/t26-,33-/m0/s1. The fraction of sp³-hybridized carbons (Fsp3) is 0.257. The molecule has 0 aliphatic carbocycles. The predicted octanol–water partition coefficient (Wildman–Crippen LogP) is 7.05. The third kappa shape index (κ3) is 8.87. The van der Waals surface area contributed by atoms with Crippen LogP contribution in [0.1, 0.15) is 37.0 Å². The van der Waals surface area contributed by atoms with Crippen LogP contribution in [0.5, 0.6) is 0 Å². The van der Waals surface area contributed by atoms with Crippen molar-refractivity contribution in [3.8, 4) is 0 Å². The summed E-state index contributed by atoms with van der Waals surface area (Å²) < 4.78 is 29.3. The van der Waals surface area contributed by atoms with Crippen molar-refractivity contribution in [2.75, 3.05) is 10.8 Å². The van der Waals surface area contributed by atoms with Gasteiger partial charge in [-0.15, -0.1) is 0 Å². The summed E-state index contributed by atoms with van der Waals surface area (Å²) in [6.07, 6.45) is 0.904. The number of hydrogen-bond donors (Lipinski definition) is 1. The van der Waals surface area contributed by atoms with Crippen molar-refractivity contribution in [2.24, 2.45) is 0 Å². The second kappa shape index (κ2) is 15.4. The van der Waals surface area contributed by atoms with Crippen LogP contribution in [0.2, 0.25) is 10.0 Å². The van der Waals surface area contributed by atoms with Crippen molar-refractivity contribution in [3.63, 3.8) is 0 Å². The average Bonchev–Trinajstić information content (AvgIpc) is 3.02. The maximum atomic E-state index is 14.5. The van der Waals surface area contributed by atoms with Gasteiger partial charge in [-0.2, -0.15) is 0 Å². The van der Waals surface area contributed by atoms with Gasteiger partial charge in [0.1, 0.15) is 12.6 Å². The lowest BCUT2D eigenvalue weighted by molar-refractivity contribution is -0.140. The number of amides is 2. The molecular weight excluding hydrogens is 629 g/mol. The van der Waals surface area contributed by atoms with Gasteiger partial charge in [0.05, 0.1) is 10.6 Å². The maximum Gasteiger partial charge on any atom is 0.264 e. The van der Waals surface area contributed by atoms with E-state index in [9.17, 15) is 18.0 Å². The normalized spacial score (nSPS) is 12.6. The van der Waals surface area contributed by atoms with E-state index in [0.717, 1.165) is 15.4 Å². The minimum absolute atomic E-state index is 0.0160. The highest BCUT2D eigenvalue weighted by Crippen LogP contribution is 2.28. The largest absolute Gasteiger partial charge is 0.352 e. The van der Waals surface area contributed by atoms with Crippen LogP contribution in [0.15, 0.2) is 108 Å². The van der Waals surface area contributed by atoms with Crippen LogP contribution in [0.4, 0.5) is 5.69 Å². The van der Waals surface area contributed by atoms with Gasteiger partial charge < -0.3 is 10.2 Å². The summed E-state index contributed by atoms with van der Waals surface area (Å²) in [4.78, 5) is 29.9. The van der Waals surface area contributed by atoms with Gasteiger partial charge in [-0.05, 0) is 67.8 Å². The minimum atomic E-state index is -4.22. The van der Waals surface area contributed by atoms with Crippen LogP contribution < -0.4 is 9.62 Å². The number of rotatable bonds is 13. The molecule has 236 valence electrons. The first-order chi connectivity index (χ1) is 21.5. The van der Waals surface area contributed by atoms with Crippen molar-refractivity contribution in [3.05, 3.63) is 130 Å². The first kappa shape index (κ1) is 34.0. The Bertz CT molecular complexity index is 1720. The van der Waals surface area contributed by atoms with Gasteiger partial charge in [-0.25, -0.2) is 8.42 Å². The second-order valence-corrected chi connectivity index (χ2v) is 13.6. The average molecular weight is 667 g/mol. The molecule has 0 aromatic heterocycles. The molecule has 0 bridgehead atoms. The summed E-state index contributed by atoms with van der Waals surface area (Å²) in [7, 11) is -4.22. The highest BCUT2D eigenvalue weighted by molar-refractivity contribution is 7.92. The lowest BCUT2D eigenvalue weighted by atomic mass is 10.0. The van der Waals surface area contributed by atoms with Crippen molar-refractivity contribution in [2.45, 2.75) is 57.1 Å². The molecule has 0 unspecified atom stereocenters. The molecule has 2 amide bonds. The van der Waals surface area contributed by atoms with Crippen LogP contribution in [0.3, 0.4) is 0 Å². The Labute approximate surface area is 275 Å². The molecular formula is C35H37Cl2N3O4S. The van der Waals surface area contributed by atoms with Crippen LogP contribution >= 0.6 is 23.2 Å². The molecule has 45 heavy (non-hydrogen) atoms. The molecule has 4 aromatic rings. The fourth-order valence-corrected chi connectivity index (χ4v) is 6.59. The highest BCUT2D eigenvalue weighted by Gasteiger charge is 2.35. The first-order valence-corrected chi connectivity index (χ1v) is 16.9. The van der Waals surface area contributed by atoms with E-state index < -0.39 is 28.5 Å². The van der Waals surface area contributed by atoms with E-state index in [1.165, 1.54) is 23.1 Å². The molecule has 4 rings (SSSR count). The number of sulfonamides is 1. The molecule has 10 heteroatoms. The van der Waals surface area contributed by atoms with Gasteiger partial charge in [0.25, 0.3) is 10.0 Å². The molecule has 0 saturated carbocycles. The summed E-state index contributed by atoms with van der Waals surface area (Å²) in [5.41, 5.74) is 2.58. The Kier molecular flexibility index (Phi) is 11.7. The zero-order valence-electron chi connectivity index (χ0n) is 25.5. The number of anilines is 1. The van der Waals surface area contributed by atoms with Crippen LogP contribution in [0.25, 0.3) is 0 Å². The van der Waals surface area contributed by atoms with Crippen LogP contribution in [-0.4, -0.2) is 43.8 Å². The predicted molar refractivity (Wildman–Crippen MR) is 181 cm³/mol. The smallest absolute Gasteiger partial charge is 0.264 e. The molecule has 0 aliphatic rings. The number of benzene rings is 4. The third-order valence-electron chi connectivity index (χ3n) is 7.55. The number of aryl methyl sites for hydroxylation is 1. The molecule has 0 heterocycles. The van der Waals surface area contributed by atoms with Crippen LogP contribution in [0, 0.1) is 6.92 Å². The zero-order chi connectivity index (χ0) is 32.6. The maximum absolute atomic E-state index is 14.5. The SMILES string of the molecule is CC[C@H](C)NC(=O)[C@H](Cc1ccccc1)N(Cc1ccccc1Cl)C(=O)CN(c1cccc(Cl)c1)S(=O)(=O)c1ccc(C)cc1. The summed E-state index contributed by atoms with van der Waals surface area (Å²) in [6.45, 7) is 5.12. The van der Waals surface area contributed by atoms with Gasteiger partial charge in [-0.1, -0.05) is 102 Å². The first-order valence-electron chi connectivity index (χ1n) is 14.7. The van der Waals surface area contributed by atoms with E-state index in [1.807, 2.05) is 51.1 Å². The zero-order valence-corrected chi connectivity index (χ0v) is 27.8. The Morgan fingerprint density at radius 2 is 1.53 bits per heavy atom. The van der Waals surface area contributed by atoms with E-state index in [0.29, 0.717) is 22.0 Å². The monoisotopic (exact) mass is 665 g/mol. The van der Waals surface area contributed by atoms with Crippen molar-refractivity contribution < 1.29 is 18.0 Å². The molecule has 2 atom stereocenters. The molecule has 0 spiro atoms. The summed E-state index contributed by atoms with van der Waals surface area (Å²) in [5.74, 6) is -0.921. The lowest BCUT2D eigenvalue weighted by Gasteiger charge is -2.34.